The molecule has 6 nitrogen and oxygen atoms in total. The van der Waals surface area contributed by atoms with Crippen molar-refractivity contribution in [1.29, 1.82) is 0 Å². The van der Waals surface area contributed by atoms with Crippen LogP contribution in [0, 0.1) is 0 Å². The van der Waals surface area contributed by atoms with E-state index in [-0.39, 0.29) is 18.1 Å². The van der Waals surface area contributed by atoms with Crippen LogP contribution >= 0.6 is 0 Å². The number of nitrogens with one attached hydrogen (secondary N) is 1. The fourth-order valence-electron chi connectivity index (χ4n) is 3.02. The summed E-state index contributed by atoms with van der Waals surface area (Å²) in [7, 11) is 1.81. The Hall–Kier alpha value is -3.17. The predicted molar refractivity (Wildman–Crippen MR) is 138 cm³/mol. The largest absolute Gasteiger partial charge is 0.573 e. The molecule has 36 heavy (non-hydrogen) atoms. The zero-order chi connectivity index (χ0) is 27.6. The summed E-state index contributed by atoms with van der Waals surface area (Å²) in [6.07, 6.45) is 3.02. The van der Waals surface area contributed by atoms with E-state index in [1.54, 1.807) is 25.4 Å². The highest BCUT2D eigenvalue weighted by Crippen LogP contribution is 2.32. The number of aliphatic hydroxyl groups excluding tert-OH is 2. The maximum atomic E-state index is 11.5. The van der Waals surface area contributed by atoms with Gasteiger partial charge in [0.15, 0.2) is 5.78 Å². The van der Waals surface area contributed by atoms with Crippen molar-refractivity contribution >= 4 is 17.2 Å². The normalized spacial score (nSPS) is 11.8. The maximum Gasteiger partial charge on any atom is 0.573 e. The van der Waals surface area contributed by atoms with Gasteiger partial charge < -0.3 is 20.3 Å². The van der Waals surface area contributed by atoms with Gasteiger partial charge in [0.05, 0.1) is 6.61 Å². The summed E-state index contributed by atoms with van der Waals surface area (Å²) < 4.78 is 38.2. The van der Waals surface area contributed by atoms with Crippen LogP contribution in [0.5, 0.6) is 5.75 Å². The van der Waals surface area contributed by atoms with Crippen molar-refractivity contribution in [3.63, 3.8) is 0 Å². The molecule has 1 unspecified atom stereocenters. The van der Waals surface area contributed by atoms with Gasteiger partial charge in [0.2, 0.25) is 0 Å². The lowest BCUT2D eigenvalue weighted by Gasteiger charge is -2.18. The number of hydrogen-bond donors (Lipinski definition) is 3. The number of anilines is 1. The van der Waals surface area contributed by atoms with Crippen molar-refractivity contribution in [1.82, 2.24) is 4.98 Å². The van der Waals surface area contributed by atoms with Gasteiger partial charge >= 0.3 is 6.36 Å². The minimum atomic E-state index is -4.60. The average Bonchev–Trinajstić information content (AvgIpc) is 2.86. The molecule has 0 aliphatic heterocycles. The molecular formula is C27H37F3N2O4. The Labute approximate surface area is 211 Å². The van der Waals surface area contributed by atoms with E-state index in [0.29, 0.717) is 6.42 Å². The minimum Gasteiger partial charge on any atom is -0.406 e. The van der Waals surface area contributed by atoms with Crippen LogP contribution in [0.15, 0.2) is 61.3 Å². The molecule has 1 heterocycles. The summed E-state index contributed by atoms with van der Waals surface area (Å²) >= 11 is 0. The van der Waals surface area contributed by atoms with Gasteiger partial charge in [-0.15, -0.1) is 13.2 Å². The van der Waals surface area contributed by atoms with E-state index < -0.39 is 12.5 Å². The van der Waals surface area contributed by atoms with Crippen molar-refractivity contribution in [3.05, 3.63) is 72.5 Å². The second-order valence-electron chi connectivity index (χ2n) is 7.34. The summed E-state index contributed by atoms with van der Waals surface area (Å²) in [6, 6.07) is 8.81. The first-order chi connectivity index (χ1) is 17.1. The van der Waals surface area contributed by atoms with Gasteiger partial charge in [-0.05, 0) is 54.7 Å². The number of halogens is 3. The van der Waals surface area contributed by atoms with Gasteiger partial charge in [-0.3, -0.25) is 4.79 Å². The summed E-state index contributed by atoms with van der Waals surface area (Å²) in [4.78, 5) is 14.6. The molecule has 0 amide bonds. The molecule has 0 aliphatic carbocycles. The van der Waals surface area contributed by atoms with Crippen molar-refractivity contribution < 1.29 is 32.9 Å². The summed E-state index contributed by atoms with van der Waals surface area (Å²) in [5, 5.41) is 22.1. The molecule has 0 bridgehead atoms. The number of pyridine rings is 1. The Kier molecular flexibility index (Phi) is 16.5. The zero-order valence-corrected chi connectivity index (χ0v) is 21.3. The third-order valence-corrected chi connectivity index (χ3v) is 4.61. The first-order valence-electron chi connectivity index (χ1n) is 11.7. The molecule has 0 fully saturated rings. The van der Waals surface area contributed by atoms with Crippen LogP contribution < -0.4 is 10.1 Å². The van der Waals surface area contributed by atoms with Crippen molar-refractivity contribution in [2.24, 2.45) is 0 Å². The lowest BCUT2D eigenvalue weighted by atomic mass is 9.95. The first-order valence-corrected chi connectivity index (χ1v) is 11.7. The van der Waals surface area contributed by atoms with Gasteiger partial charge in [0.1, 0.15) is 17.7 Å². The minimum absolute atomic E-state index is 0.141. The highest BCUT2D eigenvalue weighted by Gasteiger charge is 2.30. The Morgan fingerprint density at radius 1 is 1.19 bits per heavy atom. The number of benzene rings is 1. The lowest BCUT2D eigenvalue weighted by Crippen LogP contribution is -2.16. The Morgan fingerprint density at radius 2 is 1.83 bits per heavy atom. The molecule has 0 saturated carbocycles. The van der Waals surface area contributed by atoms with Gasteiger partial charge in [-0.1, -0.05) is 51.6 Å². The van der Waals surface area contributed by atoms with E-state index >= 15 is 0 Å². The monoisotopic (exact) mass is 510 g/mol. The Balaban J connectivity index is 0.000000576. The highest BCUT2D eigenvalue weighted by atomic mass is 19.4. The fourth-order valence-corrected chi connectivity index (χ4v) is 3.02. The van der Waals surface area contributed by atoms with E-state index in [1.165, 1.54) is 30.3 Å². The number of carbonyl (C=O) groups is 1. The highest BCUT2D eigenvalue weighted by molar-refractivity contribution is 5.88. The van der Waals surface area contributed by atoms with Crippen molar-refractivity contribution in [2.75, 3.05) is 19.0 Å². The molecule has 1 atom stereocenters. The van der Waals surface area contributed by atoms with E-state index in [1.807, 2.05) is 6.92 Å². The number of para-hydroxylation sites is 1. The average molecular weight is 511 g/mol. The number of alkyl halides is 3. The fraction of sp³-hybridized carbons (Fsp3) is 0.407. The van der Waals surface area contributed by atoms with E-state index in [2.05, 4.69) is 41.5 Å². The number of rotatable bonds is 10. The van der Waals surface area contributed by atoms with E-state index in [9.17, 15) is 23.1 Å². The Morgan fingerprint density at radius 3 is 2.25 bits per heavy atom. The molecule has 2 rings (SSSR count). The predicted octanol–water partition coefficient (Wildman–Crippen LogP) is 6.48. The standard InChI is InChI=1S/C14H22N2O2.C7H5F3O.C6H10O/c1-4-6-10(5-2)13-11(12(18)9-17)7-8-16-14(13)15-3;8-7(9,10)11-6-4-2-1-3-5-6;1-3-5-6(7)4-2/h6-8,12,17-18H,4-5,9H2,1-3H3,(H,15,16);1-5H;4H,2-3,5H2,1H3/b10-6+;;. The molecule has 0 saturated heterocycles. The SMILES string of the molecule is C=CC(=O)CCC.CC/C=C(\CC)c1c(C(O)CO)ccnc1NC.FC(F)(F)Oc1ccccc1. The van der Waals surface area contributed by atoms with Crippen LogP contribution in [0.4, 0.5) is 19.0 Å². The first kappa shape index (κ1) is 32.8. The second kappa shape index (κ2) is 18.1. The lowest BCUT2D eigenvalue weighted by molar-refractivity contribution is -0.274. The van der Waals surface area contributed by atoms with Crippen LogP contribution in [-0.4, -0.2) is 41.0 Å². The van der Waals surface area contributed by atoms with Gasteiger partial charge in [0, 0.05) is 25.2 Å². The van der Waals surface area contributed by atoms with Crippen LogP contribution in [0.3, 0.4) is 0 Å². The third kappa shape index (κ3) is 13.1. The van der Waals surface area contributed by atoms with E-state index in [4.69, 9.17) is 5.11 Å². The second-order valence-corrected chi connectivity index (χ2v) is 7.34. The van der Waals surface area contributed by atoms with Gasteiger partial charge in [0.25, 0.3) is 0 Å². The molecule has 0 aliphatic rings. The molecular weight excluding hydrogens is 473 g/mol. The molecule has 0 radical (unpaired) electrons. The molecule has 9 heteroatoms. The van der Waals surface area contributed by atoms with Crippen LogP contribution in [0.2, 0.25) is 0 Å². The van der Waals surface area contributed by atoms with Crippen LogP contribution in [-0.2, 0) is 4.79 Å². The van der Waals surface area contributed by atoms with Crippen molar-refractivity contribution in [2.45, 2.75) is 58.9 Å². The number of ketones is 1. The smallest absolute Gasteiger partial charge is 0.406 e. The third-order valence-electron chi connectivity index (χ3n) is 4.61. The van der Waals surface area contributed by atoms with E-state index in [0.717, 1.165) is 41.8 Å². The zero-order valence-electron chi connectivity index (χ0n) is 21.3. The Bertz CT molecular complexity index is 932. The maximum absolute atomic E-state index is 11.5. The quantitative estimate of drug-likeness (QED) is 0.317. The molecule has 1 aromatic carbocycles. The summed E-state index contributed by atoms with van der Waals surface area (Å²) in [5.41, 5.74) is 2.77. The molecule has 2 aromatic rings. The number of allylic oxidation sites excluding steroid dienone is 3. The van der Waals surface area contributed by atoms with Crippen molar-refractivity contribution in [3.8, 4) is 5.75 Å². The van der Waals surface area contributed by atoms with Crippen LogP contribution in [0.1, 0.15) is 63.7 Å². The number of hydrogen-bond acceptors (Lipinski definition) is 6. The topological polar surface area (TPSA) is 91.7 Å². The molecule has 0 spiro atoms. The number of aliphatic hydroxyl groups is 2. The van der Waals surface area contributed by atoms with Crippen LogP contribution in [0.25, 0.3) is 5.57 Å². The summed E-state index contributed by atoms with van der Waals surface area (Å²) in [6.45, 7) is 9.16. The molecule has 1 aromatic heterocycles. The number of ether oxygens (including phenoxy) is 1. The number of carbonyl (C=O) groups excluding carboxylic acids is 1. The molecule has 200 valence electrons. The van der Waals surface area contributed by atoms with Gasteiger partial charge in [-0.2, -0.15) is 0 Å². The van der Waals surface area contributed by atoms with Gasteiger partial charge in [-0.25, -0.2) is 4.98 Å². The number of nitrogens with zero attached hydrogens (tertiary/aromatic N) is 1. The molecule has 3 N–H and O–H groups in total. The number of aromatic nitrogens is 1. The summed E-state index contributed by atoms with van der Waals surface area (Å²) in [5.74, 6) is 0.684.